The van der Waals surface area contributed by atoms with Crippen LogP contribution in [0, 0.1) is 5.41 Å². The van der Waals surface area contributed by atoms with Crippen molar-refractivity contribution in [1.29, 1.82) is 0 Å². The molecule has 0 aliphatic carbocycles. The third-order valence-corrected chi connectivity index (χ3v) is 2.86. The number of rotatable bonds is 5. The van der Waals surface area contributed by atoms with E-state index in [-0.39, 0.29) is 0 Å². The summed E-state index contributed by atoms with van der Waals surface area (Å²) in [4.78, 5) is 10.9. The zero-order valence-corrected chi connectivity index (χ0v) is 11.0. The second-order valence-corrected chi connectivity index (χ2v) is 5.16. The Morgan fingerprint density at radius 2 is 2.19 bits per heavy atom. The average Bonchev–Trinajstić information content (AvgIpc) is 2.17. The molecule has 0 spiro atoms. The number of ether oxygens (including phenoxy) is 1. The van der Waals surface area contributed by atoms with Crippen molar-refractivity contribution in [2.75, 3.05) is 6.61 Å². The molecule has 3 nitrogen and oxygen atoms in total. The molecule has 0 radical (unpaired) electrons. The van der Waals surface area contributed by atoms with Gasteiger partial charge >= 0.3 is 5.97 Å². The van der Waals surface area contributed by atoms with Crippen LogP contribution >= 0.6 is 15.9 Å². The van der Waals surface area contributed by atoms with Gasteiger partial charge in [0.05, 0.1) is 12.0 Å². The van der Waals surface area contributed by atoms with Crippen LogP contribution in [-0.4, -0.2) is 17.7 Å². The summed E-state index contributed by atoms with van der Waals surface area (Å²) in [5.41, 5.74) is -0.744. The van der Waals surface area contributed by atoms with Gasteiger partial charge in [0.2, 0.25) is 0 Å². The van der Waals surface area contributed by atoms with Crippen molar-refractivity contribution in [3.8, 4) is 5.75 Å². The Morgan fingerprint density at radius 1 is 1.50 bits per heavy atom. The second kappa shape index (κ2) is 5.34. The summed E-state index contributed by atoms with van der Waals surface area (Å²) in [6.07, 6.45) is 0.481. The van der Waals surface area contributed by atoms with Crippen molar-refractivity contribution in [1.82, 2.24) is 0 Å². The predicted octanol–water partition coefficient (Wildman–Crippen LogP) is 3.33. The van der Waals surface area contributed by atoms with Gasteiger partial charge in [-0.2, -0.15) is 0 Å². The van der Waals surface area contributed by atoms with Crippen LogP contribution in [0.5, 0.6) is 5.75 Å². The number of carbonyl (C=O) groups is 1. The first-order valence-electron chi connectivity index (χ1n) is 5.03. The first-order valence-corrected chi connectivity index (χ1v) is 5.83. The Hall–Kier alpha value is -1.03. The van der Waals surface area contributed by atoms with Crippen molar-refractivity contribution >= 4 is 21.9 Å². The highest BCUT2D eigenvalue weighted by Crippen LogP contribution is 2.22. The van der Waals surface area contributed by atoms with Crippen LogP contribution in [0.2, 0.25) is 0 Å². The highest BCUT2D eigenvalue weighted by Gasteiger charge is 2.26. The third kappa shape index (κ3) is 3.85. The molecule has 0 unspecified atom stereocenters. The molecule has 0 saturated carbocycles. The Kier molecular flexibility index (Phi) is 4.35. The van der Waals surface area contributed by atoms with E-state index >= 15 is 0 Å². The van der Waals surface area contributed by atoms with Crippen LogP contribution in [0.3, 0.4) is 0 Å². The van der Waals surface area contributed by atoms with Gasteiger partial charge < -0.3 is 9.84 Å². The summed E-state index contributed by atoms with van der Waals surface area (Å²) in [5.74, 6) is -0.0547. The molecule has 0 saturated heterocycles. The minimum Gasteiger partial charge on any atom is -0.494 e. The monoisotopic (exact) mass is 286 g/mol. The quantitative estimate of drug-likeness (QED) is 0.903. The maximum atomic E-state index is 10.9. The standard InChI is InChI=1S/C12H15BrO3/c1-12(2,11(14)15)6-7-16-10-5-3-4-9(13)8-10/h3-5,8H,6-7H2,1-2H3,(H,14,15). The topological polar surface area (TPSA) is 46.5 Å². The zero-order chi connectivity index (χ0) is 12.2. The molecule has 0 bridgehead atoms. The molecular formula is C12H15BrO3. The van der Waals surface area contributed by atoms with Crippen molar-refractivity contribution in [3.63, 3.8) is 0 Å². The zero-order valence-electron chi connectivity index (χ0n) is 9.37. The average molecular weight is 287 g/mol. The van der Waals surface area contributed by atoms with Crippen molar-refractivity contribution in [2.24, 2.45) is 5.41 Å². The Labute approximate surface area is 104 Å². The van der Waals surface area contributed by atoms with E-state index in [1.54, 1.807) is 13.8 Å². The van der Waals surface area contributed by atoms with Crippen LogP contribution in [0.4, 0.5) is 0 Å². The summed E-state index contributed by atoms with van der Waals surface area (Å²) in [6.45, 7) is 3.79. The fourth-order valence-corrected chi connectivity index (χ4v) is 1.47. The number of benzene rings is 1. The molecule has 16 heavy (non-hydrogen) atoms. The lowest BCUT2D eigenvalue weighted by atomic mass is 9.90. The molecule has 0 heterocycles. The summed E-state index contributed by atoms with van der Waals surface area (Å²) >= 11 is 3.34. The Balaban J connectivity index is 2.45. The van der Waals surface area contributed by atoms with Crippen LogP contribution in [-0.2, 0) is 4.79 Å². The van der Waals surface area contributed by atoms with Crippen molar-refractivity contribution < 1.29 is 14.6 Å². The predicted molar refractivity (Wildman–Crippen MR) is 65.7 cm³/mol. The van der Waals surface area contributed by atoms with Crippen LogP contribution in [0.1, 0.15) is 20.3 Å². The first-order chi connectivity index (χ1) is 7.42. The Morgan fingerprint density at radius 3 is 2.75 bits per heavy atom. The number of carboxylic acids is 1. The van der Waals surface area contributed by atoms with Gasteiger partial charge in [0.25, 0.3) is 0 Å². The molecule has 0 fully saturated rings. The largest absolute Gasteiger partial charge is 0.494 e. The van der Waals surface area contributed by atoms with Gasteiger partial charge in [-0.3, -0.25) is 4.79 Å². The van der Waals surface area contributed by atoms with E-state index in [9.17, 15) is 4.79 Å². The highest BCUT2D eigenvalue weighted by molar-refractivity contribution is 9.10. The van der Waals surface area contributed by atoms with Gasteiger partial charge in [-0.05, 0) is 38.5 Å². The molecule has 4 heteroatoms. The molecule has 0 atom stereocenters. The van der Waals surface area contributed by atoms with Gasteiger partial charge in [0.15, 0.2) is 0 Å². The van der Waals surface area contributed by atoms with Crippen LogP contribution < -0.4 is 4.74 Å². The number of halogens is 1. The molecule has 0 aromatic heterocycles. The summed E-state index contributed by atoms with van der Waals surface area (Å²) in [5, 5.41) is 8.92. The van der Waals surface area contributed by atoms with Gasteiger partial charge in [-0.25, -0.2) is 0 Å². The van der Waals surface area contributed by atoms with Crippen LogP contribution in [0.25, 0.3) is 0 Å². The maximum Gasteiger partial charge on any atom is 0.309 e. The fourth-order valence-electron chi connectivity index (χ4n) is 1.09. The van der Waals surface area contributed by atoms with Gasteiger partial charge in [0.1, 0.15) is 5.75 Å². The molecule has 1 aromatic rings. The summed E-state index contributed by atoms with van der Waals surface area (Å²) in [7, 11) is 0. The minimum absolute atomic E-state index is 0.399. The second-order valence-electron chi connectivity index (χ2n) is 4.24. The number of carboxylic acid groups (broad SMARTS) is 1. The highest BCUT2D eigenvalue weighted by atomic mass is 79.9. The van der Waals surface area contributed by atoms with E-state index in [0.717, 1.165) is 10.2 Å². The normalized spacial score (nSPS) is 11.2. The fraction of sp³-hybridized carbons (Fsp3) is 0.417. The molecule has 0 aliphatic rings. The van der Waals surface area contributed by atoms with Crippen molar-refractivity contribution in [3.05, 3.63) is 28.7 Å². The van der Waals surface area contributed by atoms with E-state index in [2.05, 4.69) is 15.9 Å². The molecule has 1 aromatic carbocycles. The van der Waals surface area contributed by atoms with E-state index in [0.29, 0.717) is 13.0 Å². The molecule has 1 rings (SSSR count). The van der Waals surface area contributed by atoms with Gasteiger partial charge in [0, 0.05) is 4.47 Å². The van der Waals surface area contributed by atoms with Gasteiger partial charge in [-0.1, -0.05) is 22.0 Å². The molecule has 0 aliphatic heterocycles. The number of aliphatic carboxylic acids is 1. The lowest BCUT2D eigenvalue weighted by Gasteiger charge is -2.18. The molecular weight excluding hydrogens is 272 g/mol. The number of hydrogen-bond acceptors (Lipinski definition) is 2. The first kappa shape index (κ1) is 13.0. The van der Waals surface area contributed by atoms with Gasteiger partial charge in [-0.15, -0.1) is 0 Å². The number of hydrogen-bond donors (Lipinski definition) is 1. The van der Waals surface area contributed by atoms with E-state index < -0.39 is 11.4 Å². The van der Waals surface area contributed by atoms with E-state index in [1.807, 2.05) is 24.3 Å². The molecule has 1 N–H and O–H groups in total. The Bertz CT molecular complexity index is 374. The van der Waals surface area contributed by atoms with Crippen LogP contribution in [0.15, 0.2) is 28.7 Å². The summed E-state index contributed by atoms with van der Waals surface area (Å²) < 4.78 is 6.43. The lowest BCUT2D eigenvalue weighted by molar-refractivity contribution is -0.147. The van der Waals surface area contributed by atoms with E-state index in [1.165, 1.54) is 0 Å². The lowest BCUT2D eigenvalue weighted by Crippen LogP contribution is -2.25. The van der Waals surface area contributed by atoms with Crippen molar-refractivity contribution in [2.45, 2.75) is 20.3 Å². The SMILES string of the molecule is CC(C)(CCOc1cccc(Br)c1)C(=O)O. The molecule has 88 valence electrons. The smallest absolute Gasteiger partial charge is 0.309 e. The van der Waals surface area contributed by atoms with E-state index in [4.69, 9.17) is 9.84 Å². The molecule has 0 amide bonds. The third-order valence-electron chi connectivity index (χ3n) is 2.37. The maximum absolute atomic E-state index is 10.9. The summed E-state index contributed by atoms with van der Waals surface area (Å²) in [6, 6.07) is 7.49. The minimum atomic E-state index is -0.801.